The van der Waals surface area contributed by atoms with Gasteiger partial charge in [-0.15, -0.1) is 0 Å². The van der Waals surface area contributed by atoms with E-state index in [1.807, 2.05) is 48.5 Å². The third kappa shape index (κ3) is 7.37. The highest BCUT2D eigenvalue weighted by atomic mass is 16.5. The van der Waals surface area contributed by atoms with Crippen LogP contribution >= 0.6 is 0 Å². The number of hydrogen-bond acceptors (Lipinski definition) is 4. The maximum atomic E-state index is 8.94. The molecule has 0 aliphatic heterocycles. The van der Waals surface area contributed by atoms with Gasteiger partial charge in [0.2, 0.25) is 0 Å². The number of methoxy groups -OCH3 is 2. The predicted octanol–water partition coefficient (Wildman–Crippen LogP) is 5.98. The summed E-state index contributed by atoms with van der Waals surface area (Å²) in [7, 11) is 3.42. The molecule has 0 radical (unpaired) electrons. The van der Waals surface area contributed by atoms with Crippen LogP contribution in [-0.4, -0.2) is 24.4 Å². The van der Waals surface area contributed by atoms with Gasteiger partial charge in [-0.3, -0.25) is 0 Å². The zero-order chi connectivity index (χ0) is 24.2. The largest absolute Gasteiger partial charge is 0.392 e. The quantitative estimate of drug-likeness (QED) is 0.342. The van der Waals surface area contributed by atoms with Crippen molar-refractivity contribution >= 4 is 0 Å². The van der Waals surface area contributed by atoms with E-state index in [9.17, 15) is 0 Å². The highest BCUT2D eigenvalue weighted by Crippen LogP contribution is 2.21. The van der Waals surface area contributed by atoms with Crippen LogP contribution in [0.4, 0.5) is 0 Å². The second kappa shape index (κ2) is 13.4. The van der Waals surface area contributed by atoms with Crippen LogP contribution in [0.1, 0.15) is 22.3 Å². The van der Waals surface area contributed by atoms with Crippen molar-refractivity contribution in [1.29, 1.82) is 0 Å². The van der Waals surface area contributed by atoms with Gasteiger partial charge < -0.3 is 19.7 Å². The minimum absolute atomic E-state index is 0.0731. The van der Waals surface area contributed by atoms with Gasteiger partial charge in [0.05, 0.1) is 26.4 Å². The maximum absolute atomic E-state index is 8.94. The molecule has 0 aliphatic carbocycles. The minimum Gasteiger partial charge on any atom is -0.392 e. The fourth-order valence-electron chi connectivity index (χ4n) is 3.53. The van der Waals surface area contributed by atoms with E-state index < -0.39 is 0 Å². The Morgan fingerprint density at radius 2 is 0.647 bits per heavy atom. The molecule has 0 fully saturated rings. The van der Waals surface area contributed by atoms with Crippen LogP contribution in [-0.2, 0) is 35.9 Å². The molecular weight excluding hydrogens is 424 g/mol. The summed E-state index contributed by atoms with van der Waals surface area (Å²) < 4.78 is 10.2. The Hall–Kier alpha value is -3.28. The van der Waals surface area contributed by atoms with Crippen molar-refractivity contribution in [3.8, 4) is 22.3 Å². The lowest BCUT2D eigenvalue weighted by Crippen LogP contribution is -1.88. The molecule has 0 heterocycles. The lowest BCUT2D eigenvalue weighted by Gasteiger charge is -2.05. The standard InChI is InChI=1S/C16H18O2.C14H14O2/c1-17-11-13-3-7-15(8-4-13)16-9-5-14(6-10-16)12-18-2;15-9-11-1-5-13(6-2-11)14-7-3-12(10-16)4-8-14/h3-10H,11-12H2,1-2H3;1-8,15-16H,9-10H2. The fraction of sp³-hybridized carbons (Fsp3) is 0.200. The average Bonchev–Trinajstić information content (AvgIpc) is 2.90. The molecule has 176 valence electrons. The topological polar surface area (TPSA) is 58.9 Å². The molecule has 4 aromatic carbocycles. The van der Waals surface area contributed by atoms with Gasteiger partial charge in [0.25, 0.3) is 0 Å². The first-order valence-corrected chi connectivity index (χ1v) is 11.2. The van der Waals surface area contributed by atoms with Gasteiger partial charge in [-0.25, -0.2) is 0 Å². The van der Waals surface area contributed by atoms with Crippen LogP contribution in [0, 0.1) is 0 Å². The van der Waals surface area contributed by atoms with Crippen LogP contribution < -0.4 is 0 Å². The predicted molar refractivity (Wildman–Crippen MR) is 137 cm³/mol. The summed E-state index contributed by atoms with van der Waals surface area (Å²) in [5.74, 6) is 0. The average molecular weight is 457 g/mol. The molecule has 0 aliphatic rings. The monoisotopic (exact) mass is 456 g/mol. The third-order valence-corrected chi connectivity index (χ3v) is 5.47. The molecule has 0 unspecified atom stereocenters. The van der Waals surface area contributed by atoms with Gasteiger partial charge in [0.1, 0.15) is 0 Å². The number of benzene rings is 4. The number of aliphatic hydroxyl groups excluding tert-OH is 2. The smallest absolute Gasteiger partial charge is 0.0713 e. The third-order valence-electron chi connectivity index (χ3n) is 5.47. The van der Waals surface area contributed by atoms with Crippen molar-refractivity contribution in [1.82, 2.24) is 0 Å². The summed E-state index contributed by atoms with van der Waals surface area (Å²) in [6, 6.07) is 32.5. The molecule has 0 saturated heterocycles. The molecule has 0 saturated carbocycles. The van der Waals surface area contributed by atoms with E-state index >= 15 is 0 Å². The molecule has 4 heteroatoms. The lowest BCUT2D eigenvalue weighted by atomic mass is 10.0. The Balaban J connectivity index is 0.000000192. The van der Waals surface area contributed by atoms with Crippen molar-refractivity contribution in [3.05, 3.63) is 119 Å². The van der Waals surface area contributed by atoms with Gasteiger partial charge in [0.15, 0.2) is 0 Å². The van der Waals surface area contributed by atoms with Gasteiger partial charge in [-0.05, 0) is 44.5 Å². The molecule has 2 N–H and O–H groups in total. The Bertz CT molecular complexity index is 1010. The molecule has 4 aromatic rings. The van der Waals surface area contributed by atoms with Gasteiger partial charge in [-0.2, -0.15) is 0 Å². The first kappa shape index (κ1) is 25.3. The normalized spacial score (nSPS) is 10.5. The summed E-state index contributed by atoms with van der Waals surface area (Å²) in [4.78, 5) is 0. The van der Waals surface area contributed by atoms with Crippen molar-refractivity contribution in [2.75, 3.05) is 14.2 Å². The second-order valence-corrected chi connectivity index (χ2v) is 7.97. The molecule has 0 amide bonds. The lowest BCUT2D eigenvalue weighted by molar-refractivity contribution is 0.185. The van der Waals surface area contributed by atoms with E-state index in [4.69, 9.17) is 19.7 Å². The van der Waals surface area contributed by atoms with E-state index in [-0.39, 0.29) is 13.2 Å². The first-order chi connectivity index (χ1) is 16.7. The van der Waals surface area contributed by atoms with Gasteiger partial charge >= 0.3 is 0 Å². The van der Waals surface area contributed by atoms with Crippen molar-refractivity contribution in [3.63, 3.8) is 0 Å². The zero-order valence-corrected chi connectivity index (χ0v) is 19.8. The Morgan fingerprint density at radius 3 is 0.853 bits per heavy atom. The van der Waals surface area contributed by atoms with E-state index in [0.717, 1.165) is 22.3 Å². The van der Waals surface area contributed by atoms with Gasteiger partial charge in [0, 0.05) is 14.2 Å². The zero-order valence-electron chi connectivity index (χ0n) is 19.8. The van der Waals surface area contributed by atoms with Crippen LogP contribution in [0.3, 0.4) is 0 Å². The Kier molecular flexibility index (Phi) is 10.0. The van der Waals surface area contributed by atoms with Crippen LogP contribution in [0.5, 0.6) is 0 Å². The van der Waals surface area contributed by atoms with E-state index in [2.05, 4.69) is 48.5 Å². The Morgan fingerprint density at radius 1 is 0.412 bits per heavy atom. The molecule has 0 bridgehead atoms. The summed E-state index contributed by atoms with van der Waals surface area (Å²) in [5.41, 5.74) is 8.88. The molecule has 0 atom stereocenters. The summed E-state index contributed by atoms with van der Waals surface area (Å²) in [5, 5.41) is 17.9. The molecule has 0 spiro atoms. The number of aliphatic hydroxyl groups is 2. The SMILES string of the molecule is COCc1ccc(-c2ccc(COC)cc2)cc1.OCc1ccc(-c2ccc(CO)cc2)cc1. The number of ether oxygens (including phenoxy) is 2. The van der Waals surface area contributed by atoms with Crippen LogP contribution in [0.25, 0.3) is 22.3 Å². The molecule has 4 rings (SSSR count). The number of hydrogen-bond donors (Lipinski definition) is 2. The van der Waals surface area contributed by atoms with Crippen LogP contribution in [0.2, 0.25) is 0 Å². The molecule has 4 nitrogen and oxygen atoms in total. The minimum atomic E-state index is 0.0731. The highest BCUT2D eigenvalue weighted by Gasteiger charge is 2.00. The van der Waals surface area contributed by atoms with E-state index in [0.29, 0.717) is 13.2 Å². The second-order valence-electron chi connectivity index (χ2n) is 7.97. The van der Waals surface area contributed by atoms with Crippen molar-refractivity contribution in [2.45, 2.75) is 26.4 Å². The van der Waals surface area contributed by atoms with Crippen molar-refractivity contribution in [2.24, 2.45) is 0 Å². The van der Waals surface area contributed by atoms with Crippen LogP contribution in [0.15, 0.2) is 97.1 Å². The maximum Gasteiger partial charge on any atom is 0.0713 e. The summed E-state index contributed by atoms with van der Waals surface area (Å²) in [6.45, 7) is 1.47. The van der Waals surface area contributed by atoms with E-state index in [1.54, 1.807) is 14.2 Å². The molecule has 34 heavy (non-hydrogen) atoms. The molecule has 0 aromatic heterocycles. The molecular formula is C30H32O4. The van der Waals surface area contributed by atoms with E-state index in [1.165, 1.54) is 22.3 Å². The van der Waals surface area contributed by atoms with Gasteiger partial charge in [-0.1, -0.05) is 97.1 Å². The summed E-state index contributed by atoms with van der Waals surface area (Å²) >= 11 is 0. The summed E-state index contributed by atoms with van der Waals surface area (Å²) in [6.07, 6.45) is 0. The van der Waals surface area contributed by atoms with Crippen molar-refractivity contribution < 1.29 is 19.7 Å². The number of rotatable bonds is 8. The first-order valence-electron chi connectivity index (χ1n) is 11.2. The fourth-order valence-corrected chi connectivity index (χ4v) is 3.53. The Labute approximate surface area is 202 Å². The highest BCUT2D eigenvalue weighted by molar-refractivity contribution is 5.64.